The van der Waals surface area contributed by atoms with Gasteiger partial charge in [-0.2, -0.15) is 0 Å². The molecule has 2 heterocycles. The van der Waals surface area contributed by atoms with Gasteiger partial charge in [0.2, 0.25) is 0 Å². The molecule has 3 nitrogen and oxygen atoms in total. The average Bonchev–Trinajstić information content (AvgIpc) is 3.41. The SMILES string of the molecule is CC1(C)c2cc(-c3nc(-c4ccccc4)nc(-c4ccccc4)n3)ccc2-c2cc3c(cc2C1(C)C)sc1ccccc13. The first kappa shape index (κ1) is 26.0. The van der Waals surface area contributed by atoms with Gasteiger partial charge in [-0.25, -0.2) is 15.0 Å². The first-order valence-electron chi connectivity index (χ1n) is 14.8. The van der Waals surface area contributed by atoms with Gasteiger partial charge in [-0.3, -0.25) is 0 Å². The van der Waals surface area contributed by atoms with Crippen molar-refractivity contribution in [1.82, 2.24) is 15.0 Å². The molecule has 0 bridgehead atoms. The van der Waals surface area contributed by atoms with Gasteiger partial charge < -0.3 is 0 Å². The molecule has 0 radical (unpaired) electrons. The Hall–Kier alpha value is -4.67. The van der Waals surface area contributed by atoms with Gasteiger partial charge in [0.05, 0.1) is 0 Å². The zero-order valence-electron chi connectivity index (χ0n) is 24.7. The fraction of sp³-hybridized carbons (Fsp3) is 0.154. The van der Waals surface area contributed by atoms with E-state index in [1.807, 2.05) is 47.7 Å². The van der Waals surface area contributed by atoms with E-state index in [1.54, 1.807) is 0 Å². The minimum atomic E-state index is -0.132. The van der Waals surface area contributed by atoms with E-state index in [9.17, 15) is 0 Å². The Morgan fingerprint density at radius 2 is 0.977 bits per heavy atom. The third kappa shape index (κ3) is 3.97. The van der Waals surface area contributed by atoms with Crippen LogP contribution in [0.1, 0.15) is 38.8 Å². The van der Waals surface area contributed by atoms with Crippen LogP contribution in [-0.2, 0) is 10.8 Å². The Morgan fingerprint density at radius 1 is 0.442 bits per heavy atom. The summed E-state index contributed by atoms with van der Waals surface area (Å²) in [5.41, 5.74) is 8.08. The van der Waals surface area contributed by atoms with E-state index < -0.39 is 0 Å². The fourth-order valence-corrected chi connectivity index (χ4v) is 7.68. The first-order chi connectivity index (χ1) is 20.8. The maximum atomic E-state index is 5.02. The molecular weight excluding hydrogens is 543 g/mol. The van der Waals surface area contributed by atoms with Crippen LogP contribution in [0.5, 0.6) is 0 Å². The second-order valence-corrected chi connectivity index (χ2v) is 13.6. The molecule has 0 spiro atoms. The third-order valence-corrected chi connectivity index (χ3v) is 10.8. The summed E-state index contributed by atoms with van der Waals surface area (Å²) in [6, 6.07) is 40.8. The molecule has 0 aliphatic heterocycles. The van der Waals surface area contributed by atoms with Crippen molar-refractivity contribution in [3.63, 3.8) is 0 Å². The topological polar surface area (TPSA) is 38.7 Å². The number of rotatable bonds is 3. The van der Waals surface area contributed by atoms with Crippen molar-refractivity contribution in [3.05, 3.63) is 126 Å². The van der Waals surface area contributed by atoms with Crippen molar-refractivity contribution in [2.45, 2.75) is 38.5 Å². The van der Waals surface area contributed by atoms with Crippen molar-refractivity contribution < 1.29 is 0 Å². The Balaban J connectivity index is 1.35. The summed E-state index contributed by atoms with van der Waals surface area (Å²) in [5, 5.41) is 2.67. The Bertz CT molecular complexity index is 2120. The van der Waals surface area contributed by atoms with Crippen LogP contribution in [0.3, 0.4) is 0 Å². The van der Waals surface area contributed by atoms with Gasteiger partial charge in [0.15, 0.2) is 17.5 Å². The molecule has 0 fully saturated rings. The second-order valence-electron chi connectivity index (χ2n) is 12.5. The van der Waals surface area contributed by atoms with Gasteiger partial charge in [0.25, 0.3) is 0 Å². The lowest BCUT2D eigenvalue weighted by Gasteiger charge is -2.48. The van der Waals surface area contributed by atoms with Crippen LogP contribution in [0.4, 0.5) is 0 Å². The van der Waals surface area contributed by atoms with Crippen LogP contribution in [0.2, 0.25) is 0 Å². The number of hydrogen-bond acceptors (Lipinski definition) is 4. The quantitative estimate of drug-likeness (QED) is 0.211. The van der Waals surface area contributed by atoms with Crippen molar-refractivity contribution in [1.29, 1.82) is 0 Å². The molecule has 0 saturated carbocycles. The second kappa shape index (κ2) is 9.42. The van der Waals surface area contributed by atoms with Gasteiger partial charge in [-0.05, 0) is 57.3 Å². The van der Waals surface area contributed by atoms with Crippen molar-refractivity contribution >= 4 is 31.5 Å². The van der Waals surface area contributed by atoms with Crippen LogP contribution in [-0.4, -0.2) is 15.0 Å². The number of benzene rings is 5. The molecule has 1 aliphatic carbocycles. The molecule has 2 aromatic heterocycles. The number of hydrogen-bond donors (Lipinski definition) is 0. The molecule has 43 heavy (non-hydrogen) atoms. The van der Waals surface area contributed by atoms with E-state index >= 15 is 0 Å². The smallest absolute Gasteiger partial charge is 0.164 e. The summed E-state index contributed by atoms with van der Waals surface area (Å²) in [6.07, 6.45) is 0. The van der Waals surface area contributed by atoms with Crippen molar-refractivity contribution in [2.75, 3.05) is 0 Å². The normalized spacial score (nSPS) is 14.9. The molecule has 1 aliphatic rings. The molecule has 0 saturated heterocycles. The van der Waals surface area contributed by atoms with Gasteiger partial charge in [0.1, 0.15) is 0 Å². The van der Waals surface area contributed by atoms with Gasteiger partial charge in [-0.15, -0.1) is 11.3 Å². The van der Waals surface area contributed by atoms with Gasteiger partial charge in [-0.1, -0.05) is 119 Å². The summed E-state index contributed by atoms with van der Waals surface area (Å²) in [6.45, 7) is 9.55. The maximum absolute atomic E-state index is 5.02. The zero-order valence-corrected chi connectivity index (χ0v) is 25.5. The molecule has 0 atom stereocenters. The van der Waals surface area contributed by atoms with Crippen LogP contribution < -0.4 is 0 Å². The number of thiophene rings is 1. The molecule has 5 aromatic carbocycles. The molecule has 0 amide bonds. The zero-order chi connectivity index (χ0) is 29.3. The molecule has 0 unspecified atom stereocenters. The van der Waals surface area contributed by atoms with Gasteiger partial charge >= 0.3 is 0 Å². The molecular formula is C39H31N3S. The molecule has 7 aromatic rings. The van der Waals surface area contributed by atoms with Crippen molar-refractivity contribution in [2.24, 2.45) is 0 Å². The lowest BCUT2D eigenvalue weighted by Crippen LogP contribution is -2.43. The molecule has 8 rings (SSSR count). The first-order valence-corrected chi connectivity index (χ1v) is 15.6. The lowest BCUT2D eigenvalue weighted by molar-refractivity contribution is 0.299. The maximum Gasteiger partial charge on any atom is 0.164 e. The highest BCUT2D eigenvalue weighted by molar-refractivity contribution is 7.25. The highest BCUT2D eigenvalue weighted by Gasteiger charge is 2.46. The van der Waals surface area contributed by atoms with Crippen LogP contribution in [0.15, 0.2) is 115 Å². The van der Waals surface area contributed by atoms with E-state index in [-0.39, 0.29) is 10.8 Å². The predicted molar refractivity (Wildman–Crippen MR) is 181 cm³/mol. The minimum absolute atomic E-state index is 0.0954. The summed E-state index contributed by atoms with van der Waals surface area (Å²) in [4.78, 5) is 14.9. The lowest BCUT2D eigenvalue weighted by atomic mass is 9.55. The van der Waals surface area contributed by atoms with E-state index in [2.05, 4.69) is 107 Å². The van der Waals surface area contributed by atoms with E-state index in [1.165, 1.54) is 42.4 Å². The summed E-state index contributed by atoms with van der Waals surface area (Å²) in [5.74, 6) is 2.05. The average molecular weight is 574 g/mol. The van der Waals surface area contributed by atoms with Gasteiger partial charge in [0, 0.05) is 36.9 Å². The summed E-state index contributed by atoms with van der Waals surface area (Å²) < 4.78 is 2.70. The predicted octanol–water partition coefficient (Wildman–Crippen LogP) is 10.5. The highest BCUT2D eigenvalue weighted by Crippen LogP contribution is 2.56. The molecule has 208 valence electrons. The monoisotopic (exact) mass is 573 g/mol. The van der Waals surface area contributed by atoms with E-state index in [4.69, 9.17) is 15.0 Å². The Morgan fingerprint density at radius 3 is 1.60 bits per heavy atom. The van der Waals surface area contributed by atoms with E-state index in [0.29, 0.717) is 17.5 Å². The van der Waals surface area contributed by atoms with Crippen LogP contribution in [0.25, 0.3) is 65.5 Å². The minimum Gasteiger partial charge on any atom is -0.208 e. The molecule has 0 N–H and O–H groups in total. The fourth-order valence-electron chi connectivity index (χ4n) is 6.56. The number of aromatic nitrogens is 3. The third-order valence-electron chi connectivity index (χ3n) is 9.69. The van der Waals surface area contributed by atoms with Crippen LogP contribution >= 0.6 is 11.3 Å². The van der Waals surface area contributed by atoms with Crippen LogP contribution in [0, 0.1) is 0 Å². The highest BCUT2D eigenvalue weighted by atomic mass is 32.1. The largest absolute Gasteiger partial charge is 0.208 e. The number of fused-ring (bicyclic) bond motifs is 6. The molecule has 4 heteroatoms. The van der Waals surface area contributed by atoms with E-state index in [0.717, 1.165) is 16.7 Å². The summed E-state index contributed by atoms with van der Waals surface area (Å²) in [7, 11) is 0. The summed E-state index contributed by atoms with van der Waals surface area (Å²) >= 11 is 1.89. The Kier molecular flexibility index (Phi) is 5.69. The standard InChI is InChI=1S/C39H31N3S/c1-38(2)31-21-26(37-41-35(24-13-7-5-8-14-24)40-36(42-37)25-15-9-6-10-16-25)19-20-27(31)29-22-30-28-17-11-12-18-33(28)43-34(30)23-32(29)39(38,3)4/h5-23H,1-4H3. The van der Waals surface area contributed by atoms with Crippen molar-refractivity contribution in [3.8, 4) is 45.3 Å². The number of nitrogens with zero attached hydrogens (tertiary/aromatic N) is 3. The Labute approximate surface area is 256 Å².